The van der Waals surface area contributed by atoms with E-state index in [1.54, 1.807) is 24.3 Å². The van der Waals surface area contributed by atoms with E-state index in [-0.39, 0.29) is 34.0 Å². The van der Waals surface area contributed by atoms with Crippen molar-refractivity contribution in [3.05, 3.63) is 34.5 Å². The smallest absolute Gasteiger partial charge is 0.239 e. The SMILES string of the molecule is COc1ccccc1-c1oc2c(OC)c(OC)c(O)c(O)c2c(=O)c1OC. The van der Waals surface area contributed by atoms with Gasteiger partial charge in [0, 0.05) is 0 Å². The Kier molecular flexibility index (Phi) is 4.72. The number of para-hydroxylation sites is 1. The van der Waals surface area contributed by atoms with E-state index in [1.165, 1.54) is 28.4 Å². The van der Waals surface area contributed by atoms with Crippen molar-refractivity contribution >= 4 is 11.0 Å². The summed E-state index contributed by atoms with van der Waals surface area (Å²) < 4.78 is 26.8. The summed E-state index contributed by atoms with van der Waals surface area (Å²) in [6, 6.07) is 6.90. The molecule has 0 bridgehead atoms. The summed E-state index contributed by atoms with van der Waals surface area (Å²) in [5.74, 6) is -1.16. The predicted octanol–water partition coefficient (Wildman–Crippen LogP) is 2.91. The number of methoxy groups -OCH3 is 4. The van der Waals surface area contributed by atoms with Crippen LogP contribution in [0.15, 0.2) is 33.5 Å². The lowest BCUT2D eigenvalue weighted by Crippen LogP contribution is -2.09. The maximum absolute atomic E-state index is 13.0. The van der Waals surface area contributed by atoms with Crippen LogP contribution in [0.25, 0.3) is 22.3 Å². The van der Waals surface area contributed by atoms with Crippen LogP contribution in [0.2, 0.25) is 0 Å². The molecule has 0 aliphatic rings. The maximum Gasteiger partial charge on any atom is 0.239 e. The van der Waals surface area contributed by atoms with Crippen LogP contribution in [-0.2, 0) is 0 Å². The standard InChI is InChI=1S/C19H18O8/c1-23-10-8-6-5-7-9(10)15-17(24-2)13(21)11-12(20)14(22)18(25-3)19(26-4)16(11)27-15/h5-8,20,22H,1-4H3. The molecule has 0 radical (unpaired) electrons. The van der Waals surface area contributed by atoms with E-state index in [0.29, 0.717) is 11.3 Å². The van der Waals surface area contributed by atoms with E-state index < -0.39 is 16.9 Å². The summed E-state index contributed by atoms with van der Waals surface area (Å²) in [4.78, 5) is 13.0. The number of ether oxygens (including phenoxy) is 4. The fraction of sp³-hybridized carbons (Fsp3) is 0.211. The number of fused-ring (bicyclic) bond motifs is 1. The lowest BCUT2D eigenvalue weighted by molar-refractivity contribution is 0.320. The van der Waals surface area contributed by atoms with E-state index in [1.807, 2.05) is 0 Å². The third kappa shape index (κ3) is 2.66. The van der Waals surface area contributed by atoms with Crippen molar-refractivity contribution in [2.45, 2.75) is 0 Å². The zero-order valence-corrected chi connectivity index (χ0v) is 15.2. The number of benzene rings is 2. The van der Waals surface area contributed by atoms with E-state index in [4.69, 9.17) is 23.4 Å². The average molecular weight is 374 g/mol. The molecule has 8 heteroatoms. The third-order valence-electron chi connectivity index (χ3n) is 4.12. The van der Waals surface area contributed by atoms with Crippen molar-refractivity contribution < 1.29 is 33.6 Å². The first-order chi connectivity index (χ1) is 13.0. The molecule has 27 heavy (non-hydrogen) atoms. The van der Waals surface area contributed by atoms with Crippen molar-refractivity contribution in [1.82, 2.24) is 0 Å². The number of phenolic OH excluding ortho intramolecular Hbond substituents is 2. The van der Waals surface area contributed by atoms with Gasteiger partial charge in [-0.3, -0.25) is 4.79 Å². The van der Waals surface area contributed by atoms with Crippen LogP contribution in [-0.4, -0.2) is 38.7 Å². The molecule has 0 aliphatic heterocycles. The van der Waals surface area contributed by atoms with Gasteiger partial charge >= 0.3 is 0 Å². The van der Waals surface area contributed by atoms with Gasteiger partial charge in [0.15, 0.2) is 17.1 Å². The quantitative estimate of drug-likeness (QED) is 0.657. The number of aromatic hydroxyl groups is 2. The van der Waals surface area contributed by atoms with Gasteiger partial charge in [0.1, 0.15) is 11.1 Å². The molecule has 0 atom stereocenters. The molecule has 8 nitrogen and oxygen atoms in total. The fourth-order valence-corrected chi connectivity index (χ4v) is 2.90. The van der Waals surface area contributed by atoms with E-state index in [2.05, 4.69) is 0 Å². The normalized spacial score (nSPS) is 10.7. The van der Waals surface area contributed by atoms with Crippen LogP contribution in [0.1, 0.15) is 0 Å². The molecule has 0 saturated carbocycles. The highest BCUT2D eigenvalue weighted by molar-refractivity contribution is 5.96. The van der Waals surface area contributed by atoms with Crippen LogP contribution in [0.5, 0.6) is 34.5 Å². The summed E-state index contributed by atoms with van der Waals surface area (Å²) in [7, 11) is 5.39. The third-order valence-corrected chi connectivity index (χ3v) is 4.12. The predicted molar refractivity (Wildman–Crippen MR) is 97.5 cm³/mol. The zero-order chi connectivity index (χ0) is 19.7. The van der Waals surface area contributed by atoms with Gasteiger partial charge in [-0.15, -0.1) is 0 Å². The van der Waals surface area contributed by atoms with Crippen LogP contribution >= 0.6 is 0 Å². The summed E-state index contributed by atoms with van der Waals surface area (Å²) >= 11 is 0. The summed E-state index contributed by atoms with van der Waals surface area (Å²) in [6.45, 7) is 0. The Morgan fingerprint density at radius 1 is 0.815 bits per heavy atom. The number of phenols is 2. The number of rotatable bonds is 5. The van der Waals surface area contributed by atoms with Gasteiger partial charge < -0.3 is 33.6 Å². The van der Waals surface area contributed by atoms with E-state index >= 15 is 0 Å². The fourth-order valence-electron chi connectivity index (χ4n) is 2.90. The minimum absolute atomic E-state index is 0.0429. The molecule has 0 saturated heterocycles. The van der Waals surface area contributed by atoms with Crippen LogP contribution in [0.3, 0.4) is 0 Å². The Balaban J connectivity index is 2.54. The first-order valence-corrected chi connectivity index (χ1v) is 7.84. The topological polar surface area (TPSA) is 108 Å². The second-order valence-corrected chi connectivity index (χ2v) is 5.46. The molecule has 0 amide bonds. The van der Waals surface area contributed by atoms with Gasteiger partial charge in [0.2, 0.25) is 28.4 Å². The summed E-state index contributed by atoms with van der Waals surface area (Å²) in [6.07, 6.45) is 0. The lowest BCUT2D eigenvalue weighted by Gasteiger charge is -2.16. The molecule has 1 heterocycles. The first-order valence-electron chi connectivity index (χ1n) is 7.84. The van der Waals surface area contributed by atoms with Gasteiger partial charge in [-0.25, -0.2) is 0 Å². The Labute approximate surface area is 154 Å². The first kappa shape index (κ1) is 18.2. The number of hydrogen-bond donors (Lipinski definition) is 2. The van der Waals surface area contributed by atoms with E-state index in [0.717, 1.165) is 0 Å². The zero-order valence-electron chi connectivity index (χ0n) is 15.2. The summed E-state index contributed by atoms with van der Waals surface area (Å²) in [5, 5.41) is 20.2. The van der Waals surface area contributed by atoms with E-state index in [9.17, 15) is 15.0 Å². The van der Waals surface area contributed by atoms with Gasteiger partial charge in [-0.2, -0.15) is 0 Å². The summed E-state index contributed by atoms with van der Waals surface area (Å²) in [5.41, 5.74) is -0.325. The average Bonchev–Trinajstić information content (AvgIpc) is 2.69. The molecule has 3 rings (SSSR count). The molecule has 1 aromatic heterocycles. The van der Waals surface area contributed by atoms with Crippen LogP contribution in [0, 0.1) is 0 Å². The highest BCUT2D eigenvalue weighted by atomic mass is 16.5. The lowest BCUT2D eigenvalue weighted by atomic mass is 10.1. The molecule has 142 valence electrons. The van der Waals surface area contributed by atoms with Crippen molar-refractivity contribution in [1.29, 1.82) is 0 Å². The Hall–Kier alpha value is -3.55. The maximum atomic E-state index is 13.0. The van der Waals surface area contributed by atoms with Gasteiger partial charge in [0.25, 0.3) is 0 Å². The van der Waals surface area contributed by atoms with Crippen LogP contribution < -0.4 is 24.4 Å². The Bertz CT molecular complexity index is 1070. The molecular formula is C19H18O8. The highest BCUT2D eigenvalue weighted by Gasteiger charge is 2.29. The second kappa shape index (κ2) is 6.99. The minimum Gasteiger partial charge on any atom is -0.504 e. The molecule has 0 spiro atoms. The molecule has 2 N–H and O–H groups in total. The Morgan fingerprint density at radius 3 is 2.04 bits per heavy atom. The number of hydrogen-bond acceptors (Lipinski definition) is 8. The van der Waals surface area contributed by atoms with Crippen molar-refractivity contribution in [2.24, 2.45) is 0 Å². The van der Waals surface area contributed by atoms with Gasteiger partial charge in [-0.1, -0.05) is 12.1 Å². The second-order valence-electron chi connectivity index (χ2n) is 5.46. The highest BCUT2D eigenvalue weighted by Crippen LogP contribution is 2.50. The van der Waals surface area contributed by atoms with Crippen LogP contribution in [0.4, 0.5) is 0 Å². The van der Waals surface area contributed by atoms with Crippen molar-refractivity contribution in [3.63, 3.8) is 0 Å². The molecule has 0 aliphatic carbocycles. The van der Waals surface area contributed by atoms with Crippen molar-refractivity contribution in [3.8, 4) is 45.8 Å². The molecule has 0 fully saturated rings. The molecule has 2 aromatic carbocycles. The largest absolute Gasteiger partial charge is 0.504 e. The van der Waals surface area contributed by atoms with Crippen molar-refractivity contribution in [2.75, 3.05) is 28.4 Å². The van der Waals surface area contributed by atoms with Gasteiger partial charge in [0.05, 0.1) is 34.0 Å². The minimum atomic E-state index is -0.693. The molecule has 3 aromatic rings. The molecular weight excluding hydrogens is 356 g/mol. The Morgan fingerprint density at radius 2 is 1.44 bits per heavy atom. The molecule has 0 unspecified atom stereocenters. The monoisotopic (exact) mass is 374 g/mol. The van der Waals surface area contributed by atoms with Gasteiger partial charge in [-0.05, 0) is 12.1 Å².